The Morgan fingerprint density at radius 1 is 1.00 bits per heavy atom. The number of aromatic amines is 1. The zero-order valence-electron chi connectivity index (χ0n) is 19.4. The number of imidazole rings is 1. The van der Waals surface area contributed by atoms with E-state index < -0.39 is 60.6 Å². The van der Waals surface area contributed by atoms with Crippen LogP contribution in [-0.4, -0.2) is 91.0 Å². The van der Waals surface area contributed by atoms with Crippen LogP contribution in [0.1, 0.15) is 18.2 Å². The Morgan fingerprint density at radius 2 is 1.61 bits per heavy atom. The molecule has 14 nitrogen and oxygen atoms in total. The summed E-state index contributed by atoms with van der Waals surface area (Å²) in [6.45, 7) is 0.276. The Hall–Kier alpha value is -4.01. The normalized spacial score (nSPS) is 15.1. The van der Waals surface area contributed by atoms with Crippen molar-refractivity contribution in [3.05, 3.63) is 48.0 Å². The van der Waals surface area contributed by atoms with Gasteiger partial charge in [0.1, 0.15) is 17.8 Å². The summed E-state index contributed by atoms with van der Waals surface area (Å²) >= 11 is 0. The summed E-state index contributed by atoms with van der Waals surface area (Å²) in [6, 6.07) is 0.566. The van der Waals surface area contributed by atoms with Gasteiger partial charge in [-0.2, -0.15) is 0 Å². The Morgan fingerprint density at radius 3 is 2.14 bits per heavy atom. The van der Waals surface area contributed by atoms with E-state index in [4.69, 9.17) is 10.8 Å². The van der Waals surface area contributed by atoms with Crippen LogP contribution in [0.15, 0.2) is 36.8 Å². The highest BCUT2D eigenvalue weighted by Gasteiger charge is 2.32. The van der Waals surface area contributed by atoms with Gasteiger partial charge < -0.3 is 47.1 Å². The molecule has 2 rings (SSSR count). The van der Waals surface area contributed by atoms with Gasteiger partial charge in [-0.05, 0) is 31.0 Å². The number of aromatic nitrogens is 2. The largest absolute Gasteiger partial charge is 0.508 e. The van der Waals surface area contributed by atoms with E-state index in [1.54, 1.807) is 12.1 Å². The number of carboxylic acids is 1. The summed E-state index contributed by atoms with van der Waals surface area (Å²) in [4.78, 5) is 56.0. The molecule has 0 saturated carbocycles. The number of carbonyl (C=O) groups excluding carboxylic acids is 3. The summed E-state index contributed by atoms with van der Waals surface area (Å²) in [5.41, 5.74) is 7.14. The first-order valence-corrected chi connectivity index (χ1v) is 10.9. The Kier molecular flexibility index (Phi) is 10.3. The Labute approximate surface area is 205 Å². The zero-order chi connectivity index (χ0) is 26.8. The molecular weight excluding hydrogens is 476 g/mol. The van der Waals surface area contributed by atoms with Crippen molar-refractivity contribution < 1.29 is 39.6 Å². The third-order valence-electron chi connectivity index (χ3n) is 5.20. The van der Waals surface area contributed by atoms with Crippen LogP contribution in [0, 0.1) is 0 Å². The minimum absolute atomic E-state index is 0.0543. The fraction of sp³-hybridized carbons (Fsp3) is 0.409. The molecule has 10 N–H and O–H groups in total. The maximum absolute atomic E-state index is 13.0. The molecule has 3 amide bonds. The maximum Gasteiger partial charge on any atom is 0.328 e. The van der Waals surface area contributed by atoms with Gasteiger partial charge in [0.15, 0.2) is 6.04 Å². The topological polar surface area (TPSA) is 240 Å². The van der Waals surface area contributed by atoms with Gasteiger partial charge in [-0.3, -0.25) is 14.4 Å². The van der Waals surface area contributed by atoms with E-state index in [0.29, 0.717) is 11.3 Å². The Balaban J connectivity index is 2.11. The van der Waals surface area contributed by atoms with Crippen molar-refractivity contribution in [3.63, 3.8) is 0 Å². The third-order valence-corrected chi connectivity index (χ3v) is 5.20. The average Bonchev–Trinajstić information content (AvgIpc) is 3.34. The fourth-order valence-corrected chi connectivity index (χ4v) is 3.19. The van der Waals surface area contributed by atoms with Gasteiger partial charge in [0.25, 0.3) is 0 Å². The molecule has 0 radical (unpaired) electrons. The summed E-state index contributed by atoms with van der Waals surface area (Å²) in [6.07, 6.45) is 1.41. The van der Waals surface area contributed by atoms with Crippen molar-refractivity contribution in [2.45, 2.75) is 50.0 Å². The second-order valence-electron chi connectivity index (χ2n) is 8.13. The van der Waals surface area contributed by atoms with E-state index in [1.165, 1.54) is 24.7 Å². The summed E-state index contributed by atoms with van der Waals surface area (Å²) in [5.74, 6) is -4.03. The van der Waals surface area contributed by atoms with Crippen molar-refractivity contribution in [2.75, 3.05) is 6.61 Å². The number of nitrogens with two attached hydrogens (primary N) is 1. The number of benzene rings is 1. The highest BCUT2D eigenvalue weighted by molar-refractivity contribution is 5.94. The second kappa shape index (κ2) is 13.2. The van der Waals surface area contributed by atoms with E-state index in [2.05, 4.69) is 20.6 Å². The molecule has 0 spiro atoms. The monoisotopic (exact) mass is 506 g/mol. The van der Waals surface area contributed by atoms with E-state index in [0.717, 1.165) is 6.92 Å². The molecule has 1 heterocycles. The van der Waals surface area contributed by atoms with Crippen molar-refractivity contribution >= 4 is 23.7 Å². The Bertz CT molecular complexity index is 1030. The lowest BCUT2D eigenvalue weighted by atomic mass is 10.0. The van der Waals surface area contributed by atoms with Gasteiger partial charge in [0.2, 0.25) is 17.7 Å². The summed E-state index contributed by atoms with van der Waals surface area (Å²) in [5, 5.41) is 44.5. The number of phenolic OH excluding ortho intramolecular Hbond substituents is 1. The number of aliphatic hydroxyl groups excluding tert-OH is 2. The number of nitrogens with zero attached hydrogens (tertiary/aromatic N) is 1. The van der Waals surface area contributed by atoms with E-state index in [-0.39, 0.29) is 18.6 Å². The number of carboxylic acid groups (broad SMARTS) is 1. The molecule has 0 fully saturated rings. The van der Waals surface area contributed by atoms with Crippen molar-refractivity contribution in [2.24, 2.45) is 5.73 Å². The zero-order valence-corrected chi connectivity index (χ0v) is 19.4. The minimum atomic E-state index is -1.66. The van der Waals surface area contributed by atoms with Crippen LogP contribution >= 0.6 is 0 Å². The van der Waals surface area contributed by atoms with Crippen LogP contribution < -0.4 is 21.7 Å². The maximum atomic E-state index is 13.0. The standard InChI is InChI=1S/C22H30N6O8/c1-11(30)18(22(35)36)28-21(34)17(9-29)27-20(33)16(7-13-8-24-10-25-13)26-19(32)15(23)6-12-2-4-14(31)5-3-12/h2-5,8,10-11,15-18,29-31H,6-7,9,23H2,1H3,(H,24,25)(H,26,32)(H,27,33)(H,28,34)(H,35,36). The number of phenols is 1. The van der Waals surface area contributed by atoms with Crippen LogP contribution in [0.5, 0.6) is 5.75 Å². The van der Waals surface area contributed by atoms with E-state index >= 15 is 0 Å². The number of hydrogen-bond donors (Lipinski definition) is 9. The molecule has 36 heavy (non-hydrogen) atoms. The smallest absolute Gasteiger partial charge is 0.328 e. The van der Waals surface area contributed by atoms with Gasteiger partial charge in [-0.15, -0.1) is 0 Å². The molecule has 14 heteroatoms. The number of aliphatic hydroxyl groups is 2. The molecular formula is C22H30N6O8. The second-order valence-corrected chi connectivity index (χ2v) is 8.13. The van der Waals surface area contributed by atoms with E-state index in [1.807, 2.05) is 5.32 Å². The van der Waals surface area contributed by atoms with Crippen LogP contribution in [0.25, 0.3) is 0 Å². The molecule has 0 aliphatic heterocycles. The minimum Gasteiger partial charge on any atom is -0.508 e. The van der Waals surface area contributed by atoms with Crippen LogP contribution in [-0.2, 0) is 32.0 Å². The fourth-order valence-electron chi connectivity index (χ4n) is 3.19. The molecule has 5 unspecified atom stereocenters. The van der Waals surface area contributed by atoms with E-state index in [9.17, 15) is 34.5 Å². The van der Waals surface area contributed by atoms with Crippen LogP contribution in [0.3, 0.4) is 0 Å². The van der Waals surface area contributed by atoms with Gasteiger partial charge in [0, 0.05) is 18.3 Å². The lowest BCUT2D eigenvalue weighted by Gasteiger charge is -2.24. The molecule has 5 atom stereocenters. The third kappa shape index (κ3) is 8.33. The number of aromatic hydroxyl groups is 1. The van der Waals surface area contributed by atoms with Gasteiger partial charge in [0.05, 0.1) is 25.1 Å². The van der Waals surface area contributed by atoms with Gasteiger partial charge >= 0.3 is 5.97 Å². The number of carbonyl (C=O) groups is 4. The van der Waals surface area contributed by atoms with Gasteiger partial charge in [-0.1, -0.05) is 12.1 Å². The molecule has 0 saturated heterocycles. The molecule has 0 aliphatic carbocycles. The molecule has 0 bridgehead atoms. The van der Waals surface area contributed by atoms with Gasteiger partial charge in [-0.25, -0.2) is 9.78 Å². The highest BCUT2D eigenvalue weighted by atomic mass is 16.4. The number of H-pyrrole nitrogens is 1. The number of aliphatic carboxylic acids is 1. The highest BCUT2D eigenvalue weighted by Crippen LogP contribution is 2.11. The first kappa shape index (κ1) is 28.2. The van der Waals surface area contributed by atoms with Crippen LogP contribution in [0.4, 0.5) is 0 Å². The lowest BCUT2D eigenvalue weighted by molar-refractivity contribution is -0.145. The number of nitrogens with one attached hydrogen (secondary N) is 4. The summed E-state index contributed by atoms with van der Waals surface area (Å²) < 4.78 is 0. The number of amides is 3. The summed E-state index contributed by atoms with van der Waals surface area (Å²) in [7, 11) is 0. The molecule has 1 aromatic heterocycles. The first-order chi connectivity index (χ1) is 17.0. The number of hydrogen-bond acceptors (Lipinski definition) is 9. The predicted octanol–water partition coefficient (Wildman–Crippen LogP) is -2.86. The first-order valence-electron chi connectivity index (χ1n) is 10.9. The predicted molar refractivity (Wildman–Crippen MR) is 124 cm³/mol. The van der Waals surface area contributed by atoms with Crippen LogP contribution in [0.2, 0.25) is 0 Å². The molecule has 2 aromatic rings. The van der Waals surface area contributed by atoms with Crippen molar-refractivity contribution in [3.8, 4) is 5.75 Å². The quantitative estimate of drug-likeness (QED) is 0.135. The lowest BCUT2D eigenvalue weighted by Crippen LogP contribution is -2.59. The van der Waals surface area contributed by atoms with Crippen molar-refractivity contribution in [1.29, 1.82) is 0 Å². The van der Waals surface area contributed by atoms with Crippen molar-refractivity contribution in [1.82, 2.24) is 25.9 Å². The number of rotatable bonds is 13. The SMILES string of the molecule is CC(O)C(NC(=O)C(CO)NC(=O)C(Cc1cnc[nH]1)NC(=O)C(N)Cc1ccc(O)cc1)C(=O)O. The molecule has 196 valence electrons. The average molecular weight is 507 g/mol. The molecule has 0 aliphatic rings. The molecule has 1 aromatic carbocycles.